The summed E-state index contributed by atoms with van der Waals surface area (Å²) >= 11 is 0. The van der Waals surface area contributed by atoms with E-state index in [1.165, 1.54) is 11.1 Å². The van der Waals surface area contributed by atoms with Crippen LogP contribution in [0.4, 0.5) is 0 Å². The Morgan fingerprint density at radius 3 is 2.62 bits per heavy atom. The van der Waals surface area contributed by atoms with Gasteiger partial charge < -0.3 is 40.3 Å². The third-order valence-corrected chi connectivity index (χ3v) is 15.8. The maximum Gasteiger partial charge on any atom is 0.155 e. The second-order valence-electron chi connectivity index (χ2n) is 20.6. The van der Waals surface area contributed by atoms with Gasteiger partial charge in [0.05, 0.1) is 18.3 Å². The van der Waals surface area contributed by atoms with Crippen molar-refractivity contribution in [2.75, 3.05) is 40.5 Å². The van der Waals surface area contributed by atoms with Crippen molar-refractivity contribution in [3.63, 3.8) is 0 Å². The summed E-state index contributed by atoms with van der Waals surface area (Å²) in [6.45, 7) is 14.0. The summed E-state index contributed by atoms with van der Waals surface area (Å²) in [5.74, 6) is -0.609. The minimum atomic E-state index is -1.26. The van der Waals surface area contributed by atoms with Gasteiger partial charge in [-0.1, -0.05) is 92.3 Å². The first-order chi connectivity index (χ1) is 30.6. The highest BCUT2D eigenvalue weighted by Crippen LogP contribution is 2.67. The van der Waals surface area contributed by atoms with Crippen LogP contribution in [0.3, 0.4) is 0 Å². The Morgan fingerprint density at radius 2 is 1.91 bits per heavy atom. The Hall–Kier alpha value is -3.03. The number of rotatable bonds is 18. The molecule has 4 aliphatic carbocycles. The van der Waals surface area contributed by atoms with Crippen molar-refractivity contribution in [1.82, 2.24) is 10.6 Å². The quantitative estimate of drug-likeness (QED) is 0.0267. The number of benzene rings is 1. The molecular formula is C54H80N2O8. The van der Waals surface area contributed by atoms with Crippen molar-refractivity contribution in [1.29, 1.82) is 0 Å². The Bertz CT molecular complexity index is 1920. The van der Waals surface area contributed by atoms with E-state index in [0.717, 1.165) is 67.1 Å². The van der Waals surface area contributed by atoms with Crippen molar-refractivity contribution in [3.8, 4) is 0 Å². The van der Waals surface area contributed by atoms with E-state index in [2.05, 4.69) is 72.7 Å². The molecule has 2 saturated carbocycles. The van der Waals surface area contributed by atoms with Gasteiger partial charge >= 0.3 is 0 Å². The summed E-state index contributed by atoms with van der Waals surface area (Å²) < 4.78 is 11.6. The minimum Gasteiger partial charge on any atom is -0.396 e. The summed E-state index contributed by atoms with van der Waals surface area (Å²) in [7, 11) is 3.59. The molecule has 10 heteroatoms. The average molecular weight is 885 g/mol. The maximum absolute atomic E-state index is 13.1. The van der Waals surface area contributed by atoms with Gasteiger partial charge in [0, 0.05) is 49.5 Å². The Labute approximate surface area is 383 Å². The van der Waals surface area contributed by atoms with Crippen LogP contribution in [0.15, 0.2) is 95.2 Å². The zero-order chi connectivity index (χ0) is 46.2. The smallest absolute Gasteiger partial charge is 0.155 e. The number of aldehydes is 1. The molecular weight excluding hydrogens is 805 g/mol. The lowest BCUT2D eigenvalue weighted by Crippen LogP contribution is -2.65. The van der Waals surface area contributed by atoms with E-state index in [9.17, 15) is 30.3 Å². The lowest BCUT2D eigenvalue weighted by atomic mass is 9.45. The van der Waals surface area contributed by atoms with Crippen molar-refractivity contribution in [2.24, 2.45) is 46.8 Å². The molecule has 1 heterocycles. The van der Waals surface area contributed by atoms with E-state index in [1.807, 2.05) is 40.0 Å². The third-order valence-electron chi connectivity index (χ3n) is 15.8. The van der Waals surface area contributed by atoms with Crippen molar-refractivity contribution >= 4 is 6.29 Å². The lowest BCUT2D eigenvalue weighted by Gasteiger charge is -2.61. The number of nitrogens with one attached hydrogen (secondary N) is 2. The van der Waals surface area contributed by atoms with Crippen molar-refractivity contribution in [3.05, 3.63) is 106 Å². The number of aliphatic hydroxyl groups is 5. The number of carbonyl (C=O) groups is 1. The van der Waals surface area contributed by atoms with Crippen LogP contribution in [-0.2, 0) is 27.1 Å². The summed E-state index contributed by atoms with van der Waals surface area (Å²) in [6.07, 6.45) is 18.7. The molecule has 10 nitrogen and oxygen atoms in total. The molecule has 0 radical (unpaired) electrons. The normalized spacial score (nSPS) is 35.6. The molecule has 2 fully saturated rings. The molecule has 64 heavy (non-hydrogen) atoms. The van der Waals surface area contributed by atoms with Crippen LogP contribution in [-0.4, -0.2) is 102 Å². The lowest BCUT2D eigenvalue weighted by molar-refractivity contribution is -0.194. The van der Waals surface area contributed by atoms with Crippen LogP contribution in [0.25, 0.3) is 0 Å². The predicted molar refractivity (Wildman–Crippen MR) is 254 cm³/mol. The number of allylic oxidation sites excluding steroid dienone is 9. The van der Waals surface area contributed by atoms with Gasteiger partial charge in [-0.2, -0.15) is 0 Å². The molecule has 5 aliphatic rings. The first-order valence-corrected chi connectivity index (χ1v) is 24.2. The summed E-state index contributed by atoms with van der Waals surface area (Å²) in [6, 6.07) is 8.79. The van der Waals surface area contributed by atoms with E-state index in [1.54, 1.807) is 7.11 Å². The van der Waals surface area contributed by atoms with E-state index >= 15 is 0 Å². The van der Waals surface area contributed by atoms with Crippen LogP contribution in [0, 0.1) is 46.8 Å². The number of hydrogen-bond acceptors (Lipinski definition) is 10. The van der Waals surface area contributed by atoms with Crippen LogP contribution >= 0.6 is 0 Å². The van der Waals surface area contributed by atoms with Gasteiger partial charge in [0.25, 0.3) is 0 Å². The Kier molecular flexibility index (Phi) is 17.5. The van der Waals surface area contributed by atoms with Gasteiger partial charge in [-0.15, -0.1) is 0 Å². The molecule has 354 valence electrons. The highest BCUT2D eigenvalue weighted by molar-refractivity contribution is 5.74. The van der Waals surface area contributed by atoms with Crippen LogP contribution in [0.1, 0.15) is 103 Å². The van der Waals surface area contributed by atoms with Gasteiger partial charge in [-0.3, -0.25) is 10.1 Å². The number of ether oxygens (including phenoxy) is 2. The summed E-state index contributed by atoms with van der Waals surface area (Å²) in [5.41, 5.74) is 4.25. The Morgan fingerprint density at radius 1 is 1.12 bits per heavy atom. The zero-order valence-corrected chi connectivity index (χ0v) is 39.6. The van der Waals surface area contributed by atoms with Gasteiger partial charge in [-0.25, -0.2) is 0 Å². The molecule has 6 rings (SSSR count). The number of aliphatic hydroxyl groups excluding tert-OH is 4. The highest BCUT2D eigenvalue weighted by Gasteiger charge is 2.68. The zero-order valence-electron chi connectivity index (χ0n) is 39.6. The standard InChI is InChI=1S/C54H80N2O8/c1-35(2)27-47(59)64-34-44(45-19-21-54(50(45)60)49-40(20-25-57)17-18-43(48(49)37(4)33-58)32-53(54,62)22-24-55-6)16-8-11-36(3)46-29-38-12-9-13-39(28-38)31-52(5,23-26-63-7)56-51(61)42-15-10-14-41(46)30-42/h8-9,11-13,16-18,28,30,33,35,40-41,43,45-47,49-51,55-57,59-62H,3,10,14-15,19-27,29,31-32,34H2,1-2,4-7H3. The summed E-state index contributed by atoms with van der Waals surface area (Å²) in [4.78, 5) is 12.5. The second-order valence-corrected chi connectivity index (χ2v) is 20.6. The monoisotopic (exact) mass is 885 g/mol. The van der Waals surface area contributed by atoms with Crippen LogP contribution < -0.4 is 10.6 Å². The SMILES string of the molecule is C=C(C=CC=C(COC(O)CC(C)C)C1CCC2(C1O)C1C(=C(C)C=O)C(C=CC1CCO)CC2(O)CCNC)C1Cc2cccc(c2)CC(C)(CCOC)NC(O)C2=CC1CCC2. The first kappa shape index (κ1) is 50.4. The predicted octanol–water partition coefficient (Wildman–Crippen LogP) is 7.07. The number of methoxy groups -OCH3 is 1. The topological polar surface area (TPSA) is 161 Å². The van der Waals surface area contributed by atoms with Gasteiger partial charge in [0.2, 0.25) is 0 Å². The van der Waals surface area contributed by atoms with Crippen LogP contribution in [0.2, 0.25) is 0 Å². The molecule has 1 aromatic rings. The van der Waals surface area contributed by atoms with E-state index < -0.39 is 35.6 Å². The number of carbonyl (C=O) groups excluding carboxylic acids is 1. The molecule has 1 aliphatic heterocycles. The second kappa shape index (κ2) is 22.2. The molecule has 12 unspecified atom stereocenters. The third kappa shape index (κ3) is 11.0. The molecule has 7 N–H and O–H groups in total. The molecule has 0 aromatic heterocycles. The number of fused-ring (bicyclic) bond motifs is 6. The number of hydrogen-bond donors (Lipinski definition) is 7. The van der Waals surface area contributed by atoms with Gasteiger partial charge in [-0.05, 0) is 156 Å². The van der Waals surface area contributed by atoms with Crippen LogP contribution in [0.5, 0.6) is 0 Å². The van der Waals surface area contributed by atoms with E-state index in [4.69, 9.17) is 9.47 Å². The van der Waals surface area contributed by atoms with Crippen molar-refractivity contribution in [2.45, 2.75) is 135 Å². The van der Waals surface area contributed by atoms with E-state index in [0.29, 0.717) is 57.2 Å². The van der Waals surface area contributed by atoms with E-state index in [-0.39, 0.29) is 54.3 Å². The average Bonchev–Trinajstić information content (AvgIpc) is 3.61. The molecule has 1 aromatic carbocycles. The van der Waals surface area contributed by atoms with Crippen molar-refractivity contribution < 1.29 is 39.8 Å². The maximum atomic E-state index is 13.1. The molecule has 6 bridgehead atoms. The first-order valence-electron chi connectivity index (χ1n) is 24.2. The fourth-order valence-electron chi connectivity index (χ4n) is 12.6. The largest absolute Gasteiger partial charge is 0.396 e. The minimum absolute atomic E-state index is 0.0499. The highest BCUT2D eigenvalue weighted by atomic mass is 16.6. The molecule has 0 amide bonds. The molecule has 0 saturated heterocycles. The molecule has 12 atom stereocenters. The summed E-state index contributed by atoms with van der Waals surface area (Å²) in [5, 5.41) is 65.9. The van der Waals surface area contributed by atoms with Gasteiger partial charge in [0.15, 0.2) is 6.29 Å². The Balaban J connectivity index is 1.37. The fourth-order valence-corrected chi connectivity index (χ4v) is 12.6. The molecule has 1 spiro atoms. The van der Waals surface area contributed by atoms with Gasteiger partial charge in [0.1, 0.15) is 12.5 Å². The fraction of sp³-hybridized carbons (Fsp3) is 0.648.